The highest BCUT2D eigenvalue weighted by Gasteiger charge is 2.43. The van der Waals surface area contributed by atoms with E-state index < -0.39 is 0 Å². The van der Waals surface area contributed by atoms with Crippen LogP contribution in [0.15, 0.2) is 77.2 Å². The molecule has 0 unspecified atom stereocenters. The number of piperidine rings is 1. The third-order valence-electron chi connectivity index (χ3n) is 6.24. The largest absolute Gasteiger partial charge is 0.330 e. The molecule has 3 heterocycles. The van der Waals surface area contributed by atoms with Crippen molar-refractivity contribution in [3.63, 3.8) is 0 Å². The van der Waals surface area contributed by atoms with Crippen LogP contribution in [0.25, 0.3) is 10.9 Å². The quantitative estimate of drug-likeness (QED) is 0.427. The van der Waals surface area contributed by atoms with Gasteiger partial charge in [0, 0.05) is 46.2 Å². The van der Waals surface area contributed by atoms with Gasteiger partial charge in [0.15, 0.2) is 0 Å². The Bertz CT molecular complexity index is 1150. The number of carbonyl (C=O) groups excluding carboxylic acids is 2. The molecule has 5 heteroatoms. The van der Waals surface area contributed by atoms with Crippen molar-refractivity contribution in [1.29, 1.82) is 0 Å². The molecule has 2 atom stereocenters. The van der Waals surface area contributed by atoms with E-state index >= 15 is 0 Å². The van der Waals surface area contributed by atoms with Gasteiger partial charge in [-0.2, -0.15) is 0 Å². The minimum absolute atomic E-state index is 0.00307. The zero-order chi connectivity index (χ0) is 20.7. The van der Waals surface area contributed by atoms with Gasteiger partial charge in [0.1, 0.15) is 0 Å². The number of amides is 1. The summed E-state index contributed by atoms with van der Waals surface area (Å²) in [6, 6.07) is 20.3. The van der Waals surface area contributed by atoms with Gasteiger partial charge < -0.3 is 4.90 Å². The molecule has 0 N–H and O–H groups in total. The Morgan fingerprint density at radius 2 is 1.83 bits per heavy atom. The second kappa shape index (κ2) is 7.80. The summed E-state index contributed by atoms with van der Waals surface area (Å²) in [5.74, 6) is 0.990. The first kappa shape index (κ1) is 19.2. The minimum atomic E-state index is -0.0681. The summed E-state index contributed by atoms with van der Waals surface area (Å²) < 4.78 is 1.86. The lowest BCUT2D eigenvalue weighted by atomic mass is 9.83. The highest BCUT2D eigenvalue weighted by Crippen LogP contribution is 2.44. The summed E-state index contributed by atoms with van der Waals surface area (Å²) in [5.41, 5.74) is 2.69. The van der Waals surface area contributed by atoms with E-state index in [0.29, 0.717) is 13.0 Å². The number of nitrogens with zero attached hydrogens (tertiary/aromatic N) is 2. The van der Waals surface area contributed by atoms with Crippen LogP contribution in [0.4, 0.5) is 0 Å². The lowest BCUT2D eigenvalue weighted by molar-refractivity contribution is -0.132. The van der Waals surface area contributed by atoms with E-state index in [-0.39, 0.29) is 23.8 Å². The van der Waals surface area contributed by atoms with E-state index in [1.165, 1.54) is 4.90 Å². The van der Waals surface area contributed by atoms with Gasteiger partial charge in [-0.25, -0.2) is 0 Å². The molecule has 0 spiro atoms. The van der Waals surface area contributed by atoms with Crippen LogP contribution in [0.3, 0.4) is 0 Å². The molecule has 1 fully saturated rings. The maximum absolute atomic E-state index is 13.4. The molecular formula is C25H24N2O2S. The van der Waals surface area contributed by atoms with Gasteiger partial charge in [-0.1, -0.05) is 42.5 Å². The van der Waals surface area contributed by atoms with Crippen molar-refractivity contribution in [2.24, 2.45) is 5.92 Å². The minimum Gasteiger partial charge on any atom is -0.330 e. The Kier molecular flexibility index (Phi) is 4.99. The number of likely N-dealkylation sites (tertiary alicyclic amines) is 1. The first-order chi connectivity index (χ1) is 14.7. The summed E-state index contributed by atoms with van der Waals surface area (Å²) in [6.07, 6.45) is 3.11. The van der Waals surface area contributed by atoms with Gasteiger partial charge in [0.2, 0.25) is 11.8 Å². The topological polar surface area (TPSA) is 42.3 Å². The van der Waals surface area contributed by atoms with E-state index in [9.17, 15) is 9.59 Å². The van der Waals surface area contributed by atoms with Crippen molar-refractivity contribution in [1.82, 2.24) is 9.47 Å². The Hall–Kier alpha value is -2.79. The third kappa shape index (κ3) is 3.18. The van der Waals surface area contributed by atoms with E-state index in [4.69, 9.17) is 0 Å². The number of allylic oxidation sites excluding steroid dienone is 1. The molecule has 0 saturated carbocycles. The number of hydrogen-bond acceptors (Lipinski definition) is 3. The molecule has 4 nitrogen and oxygen atoms in total. The summed E-state index contributed by atoms with van der Waals surface area (Å²) in [7, 11) is 0. The SMILES string of the molecule is C/C=C1/C(=O)N(CCSc2ccccc2)[C@H]2C[C@@H]1CC(=O)n1c2cc2ccccc21. The highest BCUT2D eigenvalue weighted by atomic mass is 32.2. The van der Waals surface area contributed by atoms with Gasteiger partial charge in [-0.05, 0) is 37.6 Å². The average Bonchev–Trinajstić information content (AvgIpc) is 3.10. The molecule has 1 saturated heterocycles. The van der Waals surface area contributed by atoms with E-state index in [1.54, 1.807) is 11.8 Å². The number of hydrogen-bond donors (Lipinski definition) is 0. The number of benzene rings is 2. The Morgan fingerprint density at radius 3 is 2.63 bits per heavy atom. The predicted molar refractivity (Wildman–Crippen MR) is 121 cm³/mol. The molecular weight excluding hydrogens is 392 g/mol. The number of carbonyl (C=O) groups is 2. The van der Waals surface area contributed by atoms with Crippen LogP contribution in [0.2, 0.25) is 0 Å². The molecule has 2 bridgehead atoms. The number of fused-ring (bicyclic) bond motifs is 6. The van der Waals surface area contributed by atoms with Gasteiger partial charge in [-0.15, -0.1) is 11.8 Å². The summed E-state index contributed by atoms with van der Waals surface area (Å²) in [6.45, 7) is 2.57. The highest BCUT2D eigenvalue weighted by molar-refractivity contribution is 7.99. The van der Waals surface area contributed by atoms with Gasteiger partial charge in [0.05, 0.1) is 11.6 Å². The molecule has 5 rings (SSSR count). The van der Waals surface area contributed by atoms with Crippen molar-refractivity contribution in [2.45, 2.75) is 30.7 Å². The summed E-state index contributed by atoms with van der Waals surface area (Å²) >= 11 is 1.76. The predicted octanol–water partition coefficient (Wildman–Crippen LogP) is 5.31. The number of thioether (sulfide) groups is 1. The first-order valence-corrected chi connectivity index (χ1v) is 11.4. The molecule has 2 aliphatic heterocycles. The van der Waals surface area contributed by atoms with Crippen LogP contribution in [0.1, 0.15) is 36.3 Å². The molecule has 30 heavy (non-hydrogen) atoms. The summed E-state index contributed by atoms with van der Waals surface area (Å²) in [5, 5.41) is 1.06. The van der Waals surface area contributed by atoms with Crippen molar-refractivity contribution >= 4 is 34.5 Å². The van der Waals surface area contributed by atoms with Crippen LogP contribution in [-0.2, 0) is 4.79 Å². The molecule has 1 aromatic heterocycles. The molecule has 1 amide bonds. The molecule has 0 aliphatic carbocycles. The fourth-order valence-corrected chi connectivity index (χ4v) is 5.75. The third-order valence-corrected chi connectivity index (χ3v) is 7.23. The Morgan fingerprint density at radius 1 is 1.07 bits per heavy atom. The number of para-hydroxylation sites is 1. The average molecular weight is 417 g/mol. The van der Waals surface area contributed by atoms with Crippen molar-refractivity contribution < 1.29 is 9.59 Å². The fraction of sp³-hybridized carbons (Fsp3) is 0.280. The Balaban J connectivity index is 1.51. The van der Waals surface area contributed by atoms with E-state index in [2.05, 4.69) is 18.2 Å². The first-order valence-electron chi connectivity index (χ1n) is 10.5. The maximum Gasteiger partial charge on any atom is 0.250 e. The van der Waals surface area contributed by atoms with Crippen LogP contribution in [0, 0.1) is 5.92 Å². The van der Waals surface area contributed by atoms with Crippen molar-refractivity contribution in [3.05, 3.63) is 78.0 Å². The van der Waals surface area contributed by atoms with Crippen LogP contribution < -0.4 is 0 Å². The second-order valence-corrected chi connectivity index (χ2v) is 9.08. The maximum atomic E-state index is 13.4. The monoisotopic (exact) mass is 416 g/mol. The number of rotatable bonds is 4. The van der Waals surface area contributed by atoms with E-state index in [0.717, 1.165) is 34.3 Å². The molecule has 152 valence electrons. The lowest BCUT2D eigenvalue weighted by Gasteiger charge is -2.39. The van der Waals surface area contributed by atoms with Gasteiger partial charge in [0.25, 0.3) is 0 Å². The fourth-order valence-electron chi connectivity index (χ4n) is 4.88. The summed E-state index contributed by atoms with van der Waals surface area (Å²) in [4.78, 5) is 29.8. The van der Waals surface area contributed by atoms with Gasteiger partial charge >= 0.3 is 0 Å². The van der Waals surface area contributed by atoms with Gasteiger partial charge in [-0.3, -0.25) is 14.2 Å². The smallest absolute Gasteiger partial charge is 0.250 e. The van der Waals surface area contributed by atoms with Crippen molar-refractivity contribution in [3.8, 4) is 0 Å². The molecule has 2 aromatic carbocycles. The Labute approximate surface area is 180 Å². The van der Waals surface area contributed by atoms with Crippen LogP contribution >= 0.6 is 11.8 Å². The van der Waals surface area contributed by atoms with E-state index in [1.807, 2.05) is 64.9 Å². The number of aromatic nitrogens is 1. The van der Waals surface area contributed by atoms with Crippen LogP contribution in [0.5, 0.6) is 0 Å². The van der Waals surface area contributed by atoms with Crippen LogP contribution in [-0.4, -0.2) is 33.6 Å². The zero-order valence-corrected chi connectivity index (χ0v) is 17.8. The normalized spacial score (nSPS) is 22.4. The molecule has 2 aliphatic rings. The lowest BCUT2D eigenvalue weighted by Crippen LogP contribution is -2.43. The van der Waals surface area contributed by atoms with Crippen molar-refractivity contribution in [2.75, 3.05) is 12.3 Å². The zero-order valence-electron chi connectivity index (χ0n) is 17.0. The second-order valence-electron chi connectivity index (χ2n) is 7.91. The standard InChI is InChI=1S/C25H24N2O2S/c1-2-20-18-15-22(26(25(20)29)12-13-30-19-9-4-3-5-10-19)23-14-17-8-6-7-11-21(17)27(23)24(28)16-18/h2-11,14,18,22H,12-13,15-16H2,1H3/b20-2+/t18-,22+/m1/s1. The molecule has 0 radical (unpaired) electrons. The molecule has 3 aromatic rings.